The van der Waals surface area contributed by atoms with Gasteiger partial charge >= 0.3 is 0 Å². The normalized spacial score (nSPS) is 10.6. The molecule has 0 radical (unpaired) electrons. The summed E-state index contributed by atoms with van der Waals surface area (Å²) in [4.78, 5) is 13.5. The zero-order valence-electron chi connectivity index (χ0n) is 14.9. The van der Waals surface area contributed by atoms with E-state index in [1.807, 2.05) is 28.1 Å². The molecular formula is C19H20N4O2S2. The lowest BCUT2D eigenvalue weighted by Gasteiger charge is -2.10. The molecule has 1 N–H and O–H groups in total. The number of thioether (sulfide) groups is 1. The molecule has 3 rings (SSSR count). The van der Waals surface area contributed by atoms with Gasteiger partial charge in [0.05, 0.1) is 18.6 Å². The third-order valence-electron chi connectivity index (χ3n) is 3.73. The van der Waals surface area contributed by atoms with Crippen molar-refractivity contribution >= 4 is 34.7 Å². The van der Waals surface area contributed by atoms with Crippen LogP contribution in [0.5, 0.6) is 5.75 Å². The quantitative estimate of drug-likeness (QED) is 0.436. The average molecular weight is 401 g/mol. The Kier molecular flexibility index (Phi) is 6.67. The molecule has 0 aliphatic rings. The number of methoxy groups -OCH3 is 1. The SMILES string of the molecule is C=CCn1c(Cc2cccs2)nnc1SCC(=O)Nc1ccccc1OC. The van der Waals surface area contributed by atoms with Crippen LogP contribution < -0.4 is 10.1 Å². The van der Waals surface area contributed by atoms with E-state index < -0.39 is 0 Å². The van der Waals surface area contributed by atoms with E-state index in [2.05, 4.69) is 28.2 Å². The number of anilines is 1. The molecule has 0 spiro atoms. The summed E-state index contributed by atoms with van der Waals surface area (Å²) >= 11 is 3.04. The van der Waals surface area contributed by atoms with E-state index in [9.17, 15) is 4.79 Å². The van der Waals surface area contributed by atoms with Crippen LogP contribution in [0, 0.1) is 0 Å². The van der Waals surface area contributed by atoms with Crippen LogP contribution in [0.4, 0.5) is 5.69 Å². The molecule has 1 amide bonds. The third-order valence-corrected chi connectivity index (χ3v) is 5.57. The Balaban J connectivity index is 1.65. The molecule has 27 heavy (non-hydrogen) atoms. The van der Waals surface area contributed by atoms with Crippen LogP contribution >= 0.6 is 23.1 Å². The van der Waals surface area contributed by atoms with Gasteiger partial charge in [-0.2, -0.15) is 0 Å². The second kappa shape index (κ2) is 9.38. The van der Waals surface area contributed by atoms with E-state index in [0.29, 0.717) is 29.6 Å². The van der Waals surface area contributed by atoms with Crippen LogP contribution in [0.1, 0.15) is 10.7 Å². The number of amides is 1. The zero-order valence-corrected chi connectivity index (χ0v) is 16.6. The molecule has 2 heterocycles. The Bertz CT molecular complexity index is 906. The number of allylic oxidation sites excluding steroid dienone is 1. The van der Waals surface area contributed by atoms with Crippen molar-refractivity contribution in [3.05, 3.63) is 65.1 Å². The second-order valence-electron chi connectivity index (χ2n) is 5.59. The number of benzene rings is 1. The Hall–Kier alpha value is -2.58. The number of para-hydroxylation sites is 2. The maximum Gasteiger partial charge on any atom is 0.234 e. The highest BCUT2D eigenvalue weighted by atomic mass is 32.2. The molecule has 0 saturated carbocycles. The fourth-order valence-corrected chi connectivity index (χ4v) is 3.97. The Morgan fingerprint density at radius 3 is 2.93 bits per heavy atom. The van der Waals surface area contributed by atoms with Crippen molar-refractivity contribution in [1.29, 1.82) is 0 Å². The van der Waals surface area contributed by atoms with Crippen LogP contribution in [0.15, 0.2) is 59.6 Å². The second-order valence-corrected chi connectivity index (χ2v) is 7.57. The summed E-state index contributed by atoms with van der Waals surface area (Å²) in [5.74, 6) is 1.60. The first-order valence-electron chi connectivity index (χ1n) is 8.32. The smallest absolute Gasteiger partial charge is 0.234 e. The fourth-order valence-electron chi connectivity index (χ4n) is 2.50. The van der Waals surface area contributed by atoms with Gasteiger partial charge in [0, 0.05) is 17.8 Å². The summed E-state index contributed by atoms with van der Waals surface area (Å²) in [6.07, 6.45) is 2.52. The van der Waals surface area contributed by atoms with Gasteiger partial charge in [-0.05, 0) is 23.6 Å². The highest BCUT2D eigenvalue weighted by Gasteiger charge is 2.15. The van der Waals surface area contributed by atoms with Crippen molar-refractivity contribution in [2.24, 2.45) is 0 Å². The summed E-state index contributed by atoms with van der Waals surface area (Å²) < 4.78 is 7.25. The van der Waals surface area contributed by atoms with Crippen LogP contribution in [-0.2, 0) is 17.8 Å². The number of rotatable bonds is 9. The van der Waals surface area contributed by atoms with Crippen LogP contribution in [0.2, 0.25) is 0 Å². The van der Waals surface area contributed by atoms with Gasteiger partial charge in [0.15, 0.2) is 5.16 Å². The monoisotopic (exact) mass is 400 g/mol. The lowest BCUT2D eigenvalue weighted by molar-refractivity contribution is -0.113. The molecule has 8 heteroatoms. The molecule has 0 fully saturated rings. The zero-order chi connectivity index (χ0) is 19.1. The standard InChI is InChI=1S/C19H20N4O2S2/c1-3-10-23-17(12-14-7-6-11-26-14)21-22-19(23)27-13-18(24)20-15-8-4-5-9-16(15)25-2/h3-9,11H,1,10,12-13H2,2H3,(H,20,24). The van der Waals surface area contributed by atoms with Crippen LogP contribution in [-0.4, -0.2) is 33.5 Å². The number of nitrogens with one attached hydrogen (secondary N) is 1. The van der Waals surface area contributed by atoms with Crippen molar-refractivity contribution in [3.63, 3.8) is 0 Å². The van der Waals surface area contributed by atoms with Crippen molar-refractivity contribution in [2.45, 2.75) is 18.1 Å². The van der Waals surface area contributed by atoms with Gasteiger partial charge in [-0.25, -0.2) is 0 Å². The maximum absolute atomic E-state index is 12.3. The first kappa shape index (κ1) is 19.2. The van der Waals surface area contributed by atoms with E-state index in [4.69, 9.17) is 4.74 Å². The summed E-state index contributed by atoms with van der Waals surface area (Å²) in [6.45, 7) is 4.41. The summed E-state index contributed by atoms with van der Waals surface area (Å²) in [7, 11) is 1.58. The first-order chi connectivity index (χ1) is 13.2. The van der Waals surface area contributed by atoms with Crippen LogP contribution in [0.25, 0.3) is 0 Å². The molecule has 3 aromatic rings. The summed E-state index contributed by atoms with van der Waals surface area (Å²) in [6, 6.07) is 11.4. The first-order valence-corrected chi connectivity index (χ1v) is 10.2. The molecule has 2 aromatic heterocycles. The number of hydrogen-bond donors (Lipinski definition) is 1. The molecule has 0 saturated heterocycles. The number of hydrogen-bond acceptors (Lipinski definition) is 6. The van der Waals surface area contributed by atoms with Crippen molar-refractivity contribution in [2.75, 3.05) is 18.2 Å². The van der Waals surface area contributed by atoms with E-state index >= 15 is 0 Å². The highest BCUT2D eigenvalue weighted by molar-refractivity contribution is 7.99. The fraction of sp³-hybridized carbons (Fsp3) is 0.211. The van der Waals surface area contributed by atoms with Gasteiger partial charge in [-0.3, -0.25) is 4.79 Å². The van der Waals surface area contributed by atoms with Crippen LogP contribution in [0.3, 0.4) is 0 Å². The van der Waals surface area contributed by atoms with E-state index in [1.54, 1.807) is 36.7 Å². The molecule has 1 aromatic carbocycles. The van der Waals surface area contributed by atoms with Crippen molar-refractivity contribution in [1.82, 2.24) is 14.8 Å². The Morgan fingerprint density at radius 2 is 2.19 bits per heavy atom. The predicted molar refractivity (Wildman–Crippen MR) is 110 cm³/mol. The highest BCUT2D eigenvalue weighted by Crippen LogP contribution is 2.24. The largest absolute Gasteiger partial charge is 0.495 e. The topological polar surface area (TPSA) is 69.0 Å². The van der Waals surface area contributed by atoms with Crippen molar-refractivity contribution in [3.8, 4) is 5.75 Å². The lowest BCUT2D eigenvalue weighted by Crippen LogP contribution is -2.15. The van der Waals surface area contributed by atoms with E-state index in [-0.39, 0.29) is 11.7 Å². The maximum atomic E-state index is 12.3. The number of carbonyl (C=O) groups excluding carboxylic acids is 1. The third kappa shape index (κ3) is 4.99. The van der Waals surface area contributed by atoms with Gasteiger partial charge < -0.3 is 14.6 Å². The Labute approximate surface area is 166 Å². The minimum absolute atomic E-state index is 0.127. The molecule has 0 bridgehead atoms. The van der Waals surface area contributed by atoms with Gasteiger partial charge in [-0.15, -0.1) is 28.1 Å². The molecule has 0 unspecified atom stereocenters. The minimum atomic E-state index is -0.127. The molecule has 0 atom stereocenters. The predicted octanol–water partition coefficient (Wildman–Crippen LogP) is 3.86. The average Bonchev–Trinajstić information content (AvgIpc) is 3.32. The number of carbonyl (C=O) groups is 1. The number of aromatic nitrogens is 3. The summed E-state index contributed by atoms with van der Waals surface area (Å²) in [5, 5.41) is 14.2. The van der Waals surface area contributed by atoms with Gasteiger partial charge in [0.1, 0.15) is 11.6 Å². The molecule has 6 nitrogen and oxygen atoms in total. The van der Waals surface area contributed by atoms with E-state index in [1.165, 1.54) is 16.6 Å². The van der Waals surface area contributed by atoms with Gasteiger partial charge in [0.25, 0.3) is 0 Å². The minimum Gasteiger partial charge on any atom is -0.495 e. The molecule has 0 aliphatic carbocycles. The summed E-state index contributed by atoms with van der Waals surface area (Å²) in [5.41, 5.74) is 0.650. The van der Waals surface area contributed by atoms with Crippen molar-refractivity contribution < 1.29 is 9.53 Å². The number of thiophene rings is 1. The lowest BCUT2D eigenvalue weighted by atomic mass is 10.3. The Morgan fingerprint density at radius 1 is 1.33 bits per heavy atom. The van der Waals surface area contributed by atoms with Gasteiger partial charge in [-0.1, -0.05) is 36.0 Å². The van der Waals surface area contributed by atoms with E-state index in [0.717, 1.165) is 5.82 Å². The number of ether oxygens (including phenoxy) is 1. The number of nitrogens with zero attached hydrogens (tertiary/aromatic N) is 3. The molecule has 140 valence electrons. The van der Waals surface area contributed by atoms with Gasteiger partial charge in [0.2, 0.25) is 5.91 Å². The molecular weight excluding hydrogens is 380 g/mol. The molecule has 0 aliphatic heterocycles.